The van der Waals surface area contributed by atoms with E-state index in [-0.39, 0.29) is 0 Å². The van der Waals surface area contributed by atoms with Crippen molar-refractivity contribution in [2.24, 2.45) is 0 Å². The van der Waals surface area contributed by atoms with Gasteiger partial charge in [-0.3, -0.25) is 10.7 Å². The molecule has 0 unspecified atom stereocenters. The standard InChI is InChI=1S/C11H13N3OS2/c1-16-11-12-9(14-15)8-6-4-2-3-5-7(6)17-10(8)13-11/h15H,2-5H2,1H3,(H,12,13,14). The third-order valence-electron chi connectivity index (χ3n) is 3.08. The summed E-state index contributed by atoms with van der Waals surface area (Å²) in [6.07, 6.45) is 6.62. The predicted molar refractivity (Wildman–Crippen MR) is 71.2 cm³/mol. The minimum atomic E-state index is 0.554. The molecule has 6 heteroatoms. The molecule has 0 aromatic carbocycles. The van der Waals surface area contributed by atoms with E-state index in [2.05, 4.69) is 15.4 Å². The number of thiophene rings is 1. The van der Waals surface area contributed by atoms with Gasteiger partial charge in [0, 0.05) is 4.88 Å². The van der Waals surface area contributed by atoms with E-state index < -0.39 is 0 Å². The Morgan fingerprint density at radius 2 is 2.12 bits per heavy atom. The topological polar surface area (TPSA) is 58.0 Å². The van der Waals surface area contributed by atoms with Crippen LogP contribution in [-0.4, -0.2) is 21.4 Å². The fourth-order valence-electron chi connectivity index (χ4n) is 2.31. The Morgan fingerprint density at radius 3 is 2.88 bits per heavy atom. The molecule has 0 saturated heterocycles. The molecule has 0 spiro atoms. The van der Waals surface area contributed by atoms with E-state index >= 15 is 0 Å². The summed E-state index contributed by atoms with van der Waals surface area (Å²) in [7, 11) is 0. The molecule has 0 bridgehead atoms. The maximum absolute atomic E-state index is 9.23. The fourth-order valence-corrected chi connectivity index (χ4v) is 3.99. The second-order valence-electron chi connectivity index (χ2n) is 4.06. The Morgan fingerprint density at radius 1 is 1.29 bits per heavy atom. The number of nitrogens with one attached hydrogen (secondary N) is 1. The number of anilines is 1. The summed E-state index contributed by atoms with van der Waals surface area (Å²) in [6, 6.07) is 0. The average molecular weight is 267 g/mol. The van der Waals surface area contributed by atoms with Crippen molar-refractivity contribution in [3.63, 3.8) is 0 Å². The molecule has 1 aliphatic rings. The molecule has 0 amide bonds. The number of thioether (sulfide) groups is 1. The van der Waals surface area contributed by atoms with Crippen molar-refractivity contribution in [2.75, 3.05) is 11.7 Å². The molecule has 0 atom stereocenters. The first-order valence-corrected chi connectivity index (χ1v) is 7.64. The van der Waals surface area contributed by atoms with Crippen LogP contribution in [0.5, 0.6) is 0 Å². The molecule has 4 nitrogen and oxygen atoms in total. The first kappa shape index (κ1) is 11.3. The van der Waals surface area contributed by atoms with Gasteiger partial charge in [0.25, 0.3) is 0 Å². The number of hydrogen-bond acceptors (Lipinski definition) is 6. The summed E-state index contributed by atoms with van der Waals surface area (Å²) in [5, 5.41) is 11.0. The summed E-state index contributed by atoms with van der Waals surface area (Å²) in [5.41, 5.74) is 3.56. The van der Waals surface area contributed by atoms with Gasteiger partial charge in [0.15, 0.2) is 11.0 Å². The number of aromatic nitrogens is 2. The lowest BCUT2D eigenvalue weighted by Gasteiger charge is -2.11. The smallest absolute Gasteiger partial charge is 0.190 e. The molecular formula is C11H13N3OS2. The van der Waals surface area contributed by atoms with Gasteiger partial charge in [-0.25, -0.2) is 9.97 Å². The van der Waals surface area contributed by atoms with Crippen LogP contribution in [-0.2, 0) is 12.8 Å². The molecule has 90 valence electrons. The highest BCUT2D eigenvalue weighted by atomic mass is 32.2. The largest absolute Gasteiger partial charge is 0.290 e. The van der Waals surface area contributed by atoms with Crippen LogP contribution in [0.1, 0.15) is 23.3 Å². The zero-order chi connectivity index (χ0) is 11.8. The highest BCUT2D eigenvalue weighted by molar-refractivity contribution is 7.98. The summed E-state index contributed by atoms with van der Waals surface area (Å²) in [6.45, 7) is 0. The van der Waals surface area contributed by atoms with Crippen LogP contribution in [0, 0.1) is 0 Å². The van der Waals surface area contributed by atoms with Crippen LogP contribution in [0.15, 0.2) is 5.16 Å². The molecule has 3 rings (SSSR count). The lowest BCUT2D eigenvalue weighted by atomic mass is 9.97. The van der Waals surface area contributed by atoms with Crippen molar-refractivity contribution in [1.29, 1.82) is 0 Å². The maximum atomic E-state index is 9.23. The molecule has 2 aromatic heterocycles. The Labute approximate surface area is 107 Å². The minimum absolute atomic E-state index is 0.554. The maximum Gasteiger partial charge on any atom is 0.190 e. The molecule has 2 heterocycles. The van der Waals surface area contributed by atoms with E-state index in [0.29, 0.717) is 11.0 Å². The van der Waals surface area contributed by atoms with Crippen molar-refractivity contribution >= 4 is 39.1 Å². The number of aryl methyl sites for hydroxylation is 2. The van der Waals surface area contributed by atoms with Gasteiger partial charge in [-0.1, -0.05) is 11.8 Å². The van der Waals surface area contributed by atoms with Crippen LogP contribution < -0.4 is 5.48 Å². The lowest BCUT2D eigenvalue weighted by Crippen LogP contribution is -2.01. The number of fused-ring (bicyclic) bond motifs is 3. The molecule has 0 fully saturated rings. The van der Waals surface area contributed by atoms with Gasteiger partial charge in [-0.15, -0.1) is 11.3 Å². The summed E-state index contributed by atoms with van der Waals surface area (Å²) in [5.74, 6) is 0.554. The van der Waals surface area contributed by atoms with Gasteiger partial charge in [0.1, 0.15) is 4.83 Å². The number of hydrogen-bond donors (Lipinski definition) is 2. The van der Waals surface area contributed by atoms with Crippen molar-refractivity contribution in [3.05, 3.63) is 10.4 Å². The highest BCUT2D eigenvalue weighted by Crippen LogP contribution is 2.39. The van der Waals surface area contributed by atoms with Crippen LogP contribution in [0.25, 0.3) is 10.2 Å². The Bertz CT molecular complexity index is 567. The Kier molecular flexibility index (Phi) is 2.94. The average Bonchev–Trinajstić information content (AvgIpc) is 2.75. The third kappa shape index (κ3) is 1.80. The molecular weight excluding hydrogens is 254 g/mol. The molecule has 0 aliphatic heterocycles. The van der Waals surface area contributed by atoms with Gasteiger partial charge in [-0.05, 0) is 37.5 Å². The summed E-state index contributed by atoms with van der Waals surface area (Å²) < 4.78 is 0. The minimum Gasteiger partial charge on any atom is -0.290 e. The Balaban J connectivity index is 2.29. The third-order valence-corrected chi connectivity index (χ3v) is 4.82. The molecule has 2 aromatic rings. The summed E-state index contributed by atoms with van der Waals surface area (Å²) in [4.78, 5) is 11.2. The lowest BCUT2D eigenvalue weighted by molar-refractivity contribution is 0.386. The van der Waals surface area contributed by atoms with Gasteiger partial charge < -0.3 is 0 Å². The van der Waals surface area contributed by atoms with Gasteiger partial charge in [-0.2, -0.15) is 0 Å². The Hall–Kier alpha value is -0.850. The first-order valence-electron chi connectivity index (χ1n) is 5.60. The molecule has 2 N–H and O–H groups in total. The SMILES string of the molecule is CSc1nc(NO)c2c3c(sc2n1)CCCC3. The van der Waals surface area contributed by atoms with Crippen LogP contribution >= 0.6 is 23.1 Å². The van der Waals surface area contributed by atoms with Crippen LogP contribution in [0.4, 0.5) is 5.82 Å². The highest BCUT2D eigenvalue weighted by Gasteiger charge is 2.20. The molecule has 0 radical (unpaired) electrons. The van der Waals surface area contributed by atoms with E-state index in [4.69, 9.17) is 0 Å². The van der Waals surface area contributed by atoms with E-state index in [9.17, 15) is 5.21 Å². The van der Waals surface area contributed by atoms with Gasteiger partial charge in [0.2, 0.25) is 0 Å². The normalized spacial score (nSPS) is 14.9. The van der Waals surface area contributed by atoms with E-state index in [1.807, 2.05) is 6.26 Å². The monoisotopic (exact) mass is 267 g/mol. The second-order valence-corrected chi connectivity index (χ2v) is 5.92. The first-order chi connectivity index (χ1) is 8.33. The van der Waals surface area contributed by atoms with E-state index in [0.717, 1.165) is 23.1 Å². The quantitative estimate of drug-likeness (QED) is 0.497. The molecule has 1 aliphatic carbocycles. The van der Waals surface area contributed by atoms with Crippen molar-refractivity contribution in [2.45, 2.75) is 30.8 Å². The summed E-state index contributed by atoms with van der Waals surface area (Å²) >= 11 is 3.24. The van der Waals surface area contributed by atoms with Crippen molar-refractivity contribution < 1.29 is 5.21 Å². The van der Waals surface area contributed by atoms with Gasteiger partial charge >= 0.3 is 0 Å². The van der Waals surface area contributed by atoms with E-state index in [1.54, 1.807) is 11.3 Å². The van der Waals surface area contributed by atoms with Crippen LogP contribution in [0.3, 0.4) is 0 Å². The molecule has 0 saturated carbocycles. The molecule has 17 heavy (non-hydrogen) atoms. The van der Waals surface area contributed by atoms with E-state index in [1.165, 1.54) is 35.0 Å². The zero-order valence-corrected chi connectivity index (χ0v) is 11.1. The van der Waals surface area contributed by atoms with Crippen molar-refractivity contribution in [1.82, 2.24) is 9.97 Å². The number of rotatable bonds is 2. The van der Waals surface area contributed by atoms with Gasteiger partial charge in [0.05, 0.1) is 5.39 Å². The number of nitrogens with zero attached hydrogens (tertiary/aromatic N) is 2. The predicted octanol–water partition coefficient (Wildman–Crippen LogP) is 3.09. The second kappa shape index (κ2) is 4.44. The van der Waals surface area contributed by atoms with Crippen molar-refractivity contribution in [3.8, 4) is 0 Å². The van der Waals surface area contributed by atoms with Crippen LogP contribution in [0.2, 0.25) is 0 Å². The zero-order valence-electron chi connectivity index (χ0n) is 9.49. The fraction of sp³-hybridized carbons (Fsp3) is 0.455.